The number of halogens is 1. The molecule has 0 bridgehead atoms. The van der Waals surface area contributed by atoms with Crippen molar-refractivity contribution in [2.45, 2.75) is 73.0 Å². The van der Waals surface area contributed by atoms with Crippen LogP contribution in [-0.2, 0) is 24.7 Å². The monoisotopic (exact) mass is 696 g/mol. The van der Waals surface area contributed by atoms with E-state index in [2.05, 4.69) is 26.1 Å². The molecular formula is C38H53FN4O5S. The molecule has 4 aliphatic heterocycles. The summed E-state index contributed by atoms with van der Waals surface area (Å²) in [4.78, 5) is 20.4. The van der Waals surface area contributed by atoms with Crippen LogP contribution < -0.4 is 10.2 Å². The number of amides is 1. The minimum Gasteiger partial charge on any atom is -0.453 e. The molecule has 1 unspecified atom stereocenters. The first-order chi connectivity index (χ1) is 23.8. The summed E-state index contributed by atoms with van der Waals surface area (Å²) in [7, 11) is -1.90. The minimum atomic E-state index is -3.33. The number of sulfone groups is 1. The van der Waals surface area contributed by atoms with Gasteiger partial charge >= 0.3 is 6.09 Å². The molecule has 1 aliphatic carbocycles. The van der Waals surface area contributed by atoms with Crippen LogP contribution in [0.3, 0.4) is 0 Å². The fourth-order valence-corrected chi connectivity index (χ4v) is 11.4. The lowest BCUT2D eigenvalue weighted by molar-refractivity contribution is 0.0223. The van der Waals surface area contributed by atoms with Gasteiger partial charge in [-0.25, -0.2) is 17.6 Å². The number of piperidine rings is 1. The number of benzene rings is 2. The molecule has 11 heteroatoms. The van der Waals surface area contributed by atoms with Crippen LogP contribution >= 0.6 is 0 Å². The smallest absolute Gasteiger partial charge is 0.407 e. The van der Waals surface area contributed by atoms with Crippen molar-refractivity contribution in [3.05, 3.63) is 59.9 Å². The number of alkyl carbamates (subject to hydrolysis) is 1. The zero-order chi connectivity index (χ0) is 34.0. The quantitative estimate of drug-likeness (QED) is 0.348. The van der Waals surface area contributed by atoms with Crippen molar-refractivity contribution < 1.29 is 27.1 Å². The van der Waals surface area contributed by atoms with Gasteiger partial charge in [0, 0.05) is 62.5 Å². The fraction of sp³-hybridized carbons (Fsp3) is 0.658. The molecule has 3 atom stereocenters. The van der Waals surface area contributed by atoms with Gasteiger partial charge in [-0.15, -0.1) is 0 Å². The van der Waals surface area contributed by atoms with Crippen LogP contribution in [0.25, 0.3) is 0 Å². The molecule has 0 radical (unpaired) electrons. The first-order valence-corrected chi connectivity index (χ1v) is 20.0. The highest BCUT2D eigenvalue weighted by Crippen LogP contribution is 2.51. The maximum absolute atomic E-state index is 15.0. The van der Waals surface area contributed by atoms with Crippen molar-refractivity contribution in [1.82, 2.24) is 15.1 Å². The van der Waals surface area contributed by atoms with E-state index in [1.54, 1.807) is 24.3 Å². The number of hydrogen-bond acceptors (Lipinski definition) is 8. The van der Waals surface area contributed by atoms with Gasteiger partial charge in [-0.1, -0.05) is 18.6 Å². The highest BCUT2D eigenvalue weighted by Gasteiger charge is 2.53. The largest absolute Gasteiger partial charge is 0.453 e. The number of methoxy groups -OCH3 is 1. The summed E-state index contributed by atoms with van der Waals surface area (Å²) in [5, 5.41) is 2.84. The zero-order valence-corrected chi connectivity index (χ0v) is 29.7. The van der Waals surface area contributed by atoms with Gasteiger partial charge in [0.25, 0.3) is 0 Å². The van der Waals surface area contributed by atoms with Gasteiger partial charge in [-0.05, 0) is 125 Å². The van der Waals surface area contributed by atoms with E-state index in [-0.39, 0.29) is 34.5 Å². The van der Waals surface area contributed by atoms with Gasteiger partial charge in [-0.2, -0.15) is 0 Å². The predicted molar refractivity (Wildman–Crippen MR) is 188 cm³/mol. The summed E-state index contributed by atoms with van der Waals surface area (Å²) < 4.78 is 51.6. The van der Waals surface area contributed by atoms with Crippen LogP contribution in [0.1, 0.15) is 56.9 Å². The lowest BCUT2D eigenvalue weighted by Crippen LogP contribution is -2.60. The van der Waals surface area contributed by atoms with Crippen molar-refractivity contribution in [2.75, 3.05) is 77.6 Å². The first kappa shape index (κ1) is 34.7. The van der Waals surface area contributed by atoms with E-state index in [1.165, 1.54) is 13.5 Å². The Labute approximate surface area is 291 Å². The third-order valence-electron chi connectivity index (χ3n) is 12.4. The van der Waals surface area contributed by atoms with Gasteiger partial charge in [0.2, 0.25) is 0 Å². The summed E-state index contributed by atoms with van der Waals surface area (Å²) >= 11 is 0. The number of likely N-dealkylation sites (tertiary alicyclic amines) is 2. The summed E-state index contributed by atoms with van der Waals surface area (Å²) in [5.74, 6) is 0.970. The Bertz CT molecular complexity index is 1540. The van der Waals surface area contributed by atoms with Gasteiger partial charge < -0.3 is 29.5 Å². The van der Waals surface area contributed by atoms with Crippen molar-refractivity contribution in [3.63, 3.8) is 0 Å². The standard InChI is InChI=1S/C38H53FN4O5S/c1-47-37(44)40-36-8-3-7-35(36)38(27-42-17-4-18-42,30-5-2-6-31(39)23-30)29-13-19-41(20-14-29)24-28-25-43(26-28)32-9-11-33(12-10-32)49(45,46)34-15-21-48-22-16-34/h2,5-6,9-12,23,28-29,34-36H,3-4,7-8,13-22,24-27H2,1H3,(H,40,44)/t35-,36-,38?/m0/s1. The molecular weight excluding hydrogens is 644 g/mol. The van der Waals surface area contributed by atoms with Crippen molar-refractivity contribution in [3.8, 4) is 0 Å². The number of nitrogens with zero attached hydrogens (tertiary/aromatic N) is 3. The molecule has 1 saturated carbocycles. The Morgan fingerprint density at radius 2 is 1.67 bits per heavy atom. The van der Waals surface area contributed by atoms with Crippen LogP contribution in [0, 0.1) is 23.6 Å². The zero-order valence-electron chi connectivity index (χ0n) is 28.9. The number of anilines is 1. The number of carbonyl (C=O) groups is 1. The van der Waals surface area contributed by atoms with E-state index in [0.29, 0.717) is 42.8 Å². The third-order valence-corrected chi connectivity index (χ3v) is 14.7. The molecule has 0 aromatic heterocycles. The molecule has 9 nitrogen and oxygen atoms in total. The Morgan fingerprint density at radius 1 is 0.939 bits per heavy atom. The van der Waals surface area contributed by atoms with E-state index in [1.807, 2.05) is 18.2 Å². The van der Waals surface area contributed by atoms with E-state index < -0.39 is 9.84 Å². The topological polar surface area (TPSA) is 91.4 Å². The van der Waals surface area contributed by atoms with Gasteiger partial charge in [0.15, 0.2) is 9.84 Å². The Morgan fingerprint density at radius 3 is 2.33 bits per heavy atom. The molecule has 7 rings (SSSR count). The van der Waals surface area contributed by atoms with Crippen LogP contribution in [0.2, 0.25) is 0 Å². The number of carbonyl (C=O) groups excluding carboxylic acids is 1. The summed E-state index contributed by atoms with van der Waals surface area (Å²) in [6.07, 6.45) is 7.01. The summed E-state index contributed by atoms with van der Waals surface area (Å²) in [6.45, 7) is 9.08. The Balaban J connectivity index is 1.00. The third kappa shape index (κ3) is 7.23. The molecule has 5 aliphatic rings. The molecule has 1 amide bonds. The molecule has 268 valence electrons. The lowest BCUT2D eigenvalue weighted by Gasteiger charge is -2.54. The van der Waals surface area contributed by atoms with Crippen LogP contribution in [0.15, 0.2) is 53.4 Å². The molecule has 4 heterocycles. The van der Waals surface area contributed by atoms with E-state index >= 15 is 0 Å². The molecule has 2 aromatic rings. The van der Waals surface area contributed by atoms with Crippen molar-refractivity contribution in [1.29, 1.82) is 0 Å². The van der Waals surface area contributed by atoms with Crippen molar-refractivity contribution in [2.24, 2.45) is 17.8 Å². The molecule has 5 fully saturated rings. The molecule has 4 saturated heterocycles. The first-order valence-electron chi connectivity index (χ1n) is 18.5. The highest BCUT2D eigenvalue weighted by molar-refractivity contribution is 7.92. The van der Waals surface area contributed by atoms with Gasteiger partial charge in [0.1, 0.15) is 5.82 Å². The van der Waals surface area contributed by atoms with Crippen LogP contribution in [0.4, 0.5) is 14.9 Å². The normalized spacial score (nSPS) is 26.1. The van der Waals surface area contributed by atoms with E-state index in [0.717, 1.165) is 95.7 Å². The fourth-order valence-electron chi connectivity index (χ4n) is 9.66. The second-order valence-corrected chi connectivity index (χ2v) is 17.4. The number of nitrogens with one attached hydrogen (secondary N) is 1. The van der Waals surface area contributed by atoms with Crippen LogP contribution in [-0.4, -0.2) is 108 Å². The molecule has 1 N–H and O–H groups in total. The minimum absolute atomic E-state index is 0.00650. The lowest BCUT2D eigenvalue weighted by atomic mass is 9.57. The summed E-state index contributed by atoms with van der Waals surface area (Å²) in [5.41, 5.74) is 1.91. The molecule has 0 spiro atoms. The van der Waals surface area contributed by atoms with Crippen molar-refractivity contribution >= 4 is 21.6 Å². The van der Waals surface area contributed by atoms with Gasteiger partial charge in [-0.3, -0.25) is 0 Å². The molecule has 2 aromatic carbocycles. The SMILES string of the molecule is COC(=O)N[C@H]1CCC[C@@H]1C(CN1CCC1)(c1cccc(F)c1)C1CCN(CC2CN(c3ccc(S(=O)(=O)C4CCOCC4)cc3)C2)CC1. The molecule has 49 heavy (non-hydrogen) atoms. The Kier molecular flexibility index (Phi) is 10.5. The average molecular weight is 697 g/mol. The van der Waals surface area contributed by atoms with E-state index in [4.69, 9.17) is 9.47 Å². The maximum Gasteiger partial charge on any atom is 0.407 e. The highest BCUT2D eigenvalue weighted by atomic mass is 32.2. The van der Waals surface area contributed by atoms with Crippen LogP contribution in [0.5, 0.6) is 0 Å². The van der Waals surface area contributed by atoms with Gasteiger partial charge in [0.05, 0.1) is 17.3 Å². The second-order valence-electron chi connectivity index (χ2n) is 15.2. The number of hydrogen-bond donors (Lipinski definition) is 1. The second kappa shape index (κ2) is 14.9. The maximum atomic E-state index is 15.0. The average Bonchev–Trinajstić information content (AvgIpc) is 3.55. The summed E-state index contributed by atoms with van der Waals surface area (Å²) in [6, 6.07) is 14.8. The number of rotatable bonds is 11. The number of ether oxygens (including phenoxy) is 2. The Hall–Kier alpha value is -2.73. The van der Waals surface area contributed by atoms with E-state index in [9.17, 15) is 17.6 Å². The predicted octanol–water partition coefficient (Wildman–Crippen LogP) is 5.10.